The van der Waals surface area contributed by atoms with Crippen LogP contribution in [0.1, 0.15) is 5.56 Å². The van der Waals surface area contributed by atoms with Crippen molar-refractivity contribution in [3.63, 3.8) is 0 Å². The van der Waals surface area contributed by atoms with Crippen molar-refractivity contribution in [2.45, 2.75) is 13.0 Å². The Bertz CT molecular complexity index is 445. The Labute approximate surface area is 94.0 Å². The summed E-state index contributed by atoms with van der Waals surface area (Å²) in [4.78, 5) is 12.0. The Kier molecular flexibility index (Phi) is 2.11. The van der Waals surface area contributed by atoms with Gasteiger partial charge in [-0.25, -0.2) is 0 Å². The molecule has 0 spiro atoms. The van der Waals surface area contributed by atoms with Crippen LogP contribution in [0.25, 0.3) is 0 Å². The van der Waals surface area contributed by atoms with Gasteiger partial charge in [0.15, 0.2) is 0 Å². The Hall–Kier alpha value is -1.55. The highest BCUT2D eigenvalue weighted by Crippen LogP contribution is 2.32. The maximum Gasteiger partial charge on any atom is 0.232 e. The molecule has 2 unspecified atom stereocenters. The number of para-hydroxylation sites is 1. The van der Waals surface area contributed by atoms with Crippen molar-refractivity contribution in [1.82, 2.24) is 0 Å². The minimum Gasteiger partial charge on any atom is -0.378 e. The molecule has 1 saturated heterocycles. The number of carbonyl (C=O) groups excluding carboxylic acids is 1. The fourth-order valence-corrected chi connectivity index (χ4v) is 2.32. The standard InChI is InChI=1S/C12H14N2O2/c1-7-3-2-4-9-11(7)14-12(15)8-5-16-6-10(8)13-9/h2-4,8,10,13H,5-6H2,1H3,(H,14,15). The van der Waals surface area contributed by atoms with Crippen LogP contribution in [-0.2, 0) is 9.53 Å². The quantitative estimate of drug-likeness (QED) is 0.691. The molecule has 1 aromatic rings. The molecule has 0 aliphatic carbocycles. The minimum atomic E-state index is -0.0770. The lowest BCUT2D eigenvalue weighted by Gasteiger charge is -2.14. The number of hydrogen-bond donors (Lipinski definition) is 2. The van der Waals surface area contributed by atoms with Gasteiger partial charge in [0.25, 0.3) is 0 Å². The van der Waals surface area contributed by atoms with E-state index in [2.05, 4.69) is 10.6 Å². The van der Waals surface area contributed by atoms with E-state index in [1.807, 2.05) is 25.1 Å². The second kappa shape index (κ2) is 3.49. The van der Waals surface area contributed by atoms with Crippen LogP contribution in [0.2, 0.25) is 0 Å². The van der Waals surface area contributed by atoms with Crippen LogP contribution < -0.4 is 10.6 Å². The summed E-state index contributed by atoms with van der Waals surface area (Å²) in [5.74, 6) is -0.0187. The van der Waals surface area contributed by atoms with Gasteiger partial charge in [-0.3, -0.25) is 4.79 Å². The maximum absolute atomic E-state index is 12.0. The summed E-state index contributed by atoms with van der Waals surface area (Å²) in [5.41, 5.74) is 2.98. The summed E-state index contributed by atoms with van der Waals surface area (Å²) in [5, 5.41) is 6.36. The molecule has 84 valence electrons. The van der Waals surface area contributed by atoms with E-state index in [9.17, 15) is 4.79 Å². The number of rotatable bonds is 0. The topological polar surface area (TPSA) is 50.4 Å². The number of aryl methyl sites for hydroxylation is 1. The SMILES string of the molecule is Cc1cccc2c1NC(=O)C1COCC1N2. The van der Waals surface area contributed by atoms with E-state index < -0.39 is 0 Å². The van der Waals surface area contributed by atoms with Crippen LogP contribution in [0.5, 0.6) is 0 Å². The summed E-state index contributed by atoms with van der Waals surface area (Å²) in [6.07, 6.45) is 0. The van der Waals surface area contributed by atoms with Crippen molar-refractivity contribution in [1.29, 1.82) is 0 Å². The molecular weight excluding hydrogens is 204 g/mol. The number of benzene rings is 1. The zero-order valence-electron chi connectivity index (χ0n) is 9.12. The summed E-state index contributed by atoms with van der Waals surface area (Å²) in [6.45, 7) is 3.11. The minimum absolute atomic E-state index is 0.0584. The molecule has 3 rings (SSSR count). The van der Waals surface area contributed by atoms with Gasteiger partial charge in [-0.05, 0) is 18.6 Å². The third-order valence-corrected chi connectivity index (χ3v) is 3.28. The molecule has 0 bridgehead atoms. The van der Waals surface area contributed by atoms with E-state index in [0.717, 1.165) is 16.9 Å². The van der Waals surface area contributed by atoms with E-state index in [0.29, 0.717) is 13.2 Å². The number of carbonyl (C=O) groups is 1. The molecule has 0 saturated carbocycles. The van der Waals surface area contributed by atoms with Crippen molar-refractivity contribution in [2.24, 2.45) is 5.92 Å². The van der Waals surface area contributed by atoms with Gasteiger partial charge < -0.3 is 15.4 Å². The lowest BCUT2D eigenvalue weighted by Crippen LogP contribution is -2.33. The second-order valence-electron chi connectivity index (χ2n) is 4.38. The van der Waals surface area contributed by atoms with Gasteiger partial charge in [0.1, 0.15) is 0 Å². The lowest BCUT2D eigenvalue weighted by molar-refractivity contribution is -0.119. The predicted molar refractivity (Wildman–Crippen MR) is 61.5 cm³/mol. The highest BCUT2D eigenvalue weighted by atomic mass is 16.5. The molecule has 2 aliphatic heterocycles. The van der Waals surface area contributed by atoms with E-state index >= 15 is 0 Å². The highest BCUT2D eigenvalue weighted by Gasteiger charge is 2.37. The summed E-state index contributed by atoms with van der Waals surface area (Å²) >= 11 is 0. The van der Waals surface area contributed by atoms with Gasteiger partial charge in [-0.1, -0.05) is 12.1 Å². The molecule has 1 aromatic carbocycles. The third-order valence-electron chi connectivity index (χ3n) is 3.28. The van der Waals surface area contributed by atoms with Crippen molar-refractivity contribution >= 4 is 17.3 Å². The van der Waals surface area contributed by atoms with Crippen LogP contribution in [0.4, 0.5) is 11.4 Å². The molecule has 1 amide bonds. The fourth-order valence-electron chi connectivity index (χ4n) is 2.32. The molecule has 4 nitrogen and oxygen atoms in total. The van der Waals surface area contributed by atoms with Crippen LogP contribution in [-0.4, -0.2) is 25.2 Å². The molecule has 0 aromatic heterocycles. The molecule has 2 atom stereocenters. The predicted octanol–water partition coefficient (Wildman–Crippen LogP) is 1.37. The number of fused-ring (bicyclic) bond motifs is 2. The molecule has 2 heterocycles. The number of amides is 1. The normalized spacial score (nSPS) is 27.4. The first-order valence-corrected chi connectivity index (χ1v) is 5.50. The Morgan fingerprint density at radius 2 is 2.25 bits per heavy atom. The zero-order chi connectivity index (χ0) is 11.1. The van der Waals surface area contributed by atoms with Crippen molar-refractivity contribution in [3.8, 4) is 0 Å². The van der Waals surface area contributed by atoms with Crippen LogP contribution in [0, 0.1) is 12.8 Å². The number of hydrogen-bond acceptors (Lipinski definition) is 3. The number of ether oxygens (including phenoxy) is 1. The van der Waals surface area contributed by atoms with Crippen molar-refractivity contribution in [2.75, 3.05) is 23.8 Å². The monoisotopic (exact) mass is 218 g/mol. The van der Waals surface area contributed by atoms with E-state index in [1.165, 1.54) is 0 Å². The van der Waals surface area contributed by atoms with E-state index in [1.54, 1.807) is 0 Å². The molecule has 16 heavy (non-hydrogen) atoms. The largest absolute Gasteiger partial charge is 0.378 e. The van der Waals surface area contributed by atoms with Gasteiger partial charge >= 0.3 is 0 Å². The van der Waals surface area contributed by atoms with Crippen LogP contribution >= 0.6 is 0 Å². The second-order valence-corrected chi connectivity index (χ2v) is 4.38. The van der Waals surface area contributed by atoms with Gasteiger partial charge in [0.05, 0.1) is 36.5 Å². The first-order valence-electron chi connectivity index (χ1n) is 5.50. The highest BCUT2D eigenvalue weighted by molar-refractivity contribution is 5.99. The van der Waals surface area contributed by atoms with Gasteiger partial charge in [0, 0.05) is 0 Å². The molecular formula is C12H14N2O2. The fraction of sp³-hybridized carbons (Fsp3) is 0.417. The molecule has 1 fully saturated rings. The lowest BCUT2D eigenvalue weighted by atomic mass is 10.0. The molecule has 2 aliphatic rings. The first-order chi connectivity index (χ1) is 7.75. The Morgan fingerprint density at radius 1 is 1.38 bits per heavy atom. The molecule has 0 radical (unpaired) electrons. The molecule has 2 N–H and O–H groups in total. The van der Waals surface area contributed by atoms with Crippen LogP contribution in [0.15, 0.2) is 18.2 Å². The van der Waals surface area contributed by atoms with Crippen molar-refractivity contribution in [3.05, 3.63) is 23.8 Å². The van der Waals surface area contributed by atoms with Gasteiger partial charge in [-0.15, -0.1) is 0 Å². The Morgan fingerprint density at radius 3 is 3.12 bits per heavy atom. The summed E-state index contributed by atoms with van der Waals surface area (Å²) in [6, 6.07) is 6.08. The van der Waals surface area contributed by atoms with E-state index in [-0.39, 0.29) is 17.9 Å². The number of nitrogens with one attached hydrogen (secondary N) is 2. The average molecular weight is 218 g/mol. The van der Waals surface area contributed by atoms with Gasteiger partial charge in [-0.2, -0.15) is 0 Å². The van der Waals surface area contributed by atoms with E-state index in [4.69, 9.17) is 4.74 Å². The smallest absolute Gasteiger partial charge is 0.232 e. The summed E-state index contributed by atoms with van der Waals surface area (Å²) in [7, 11) is 0. The first kappa shape index (κ1) is 9.66. The maximum atomic E-state index is 12.0. The number of anilines is 2. The third kappa shape index (κ3) is 1.38. The van der Waals surface area contributed by atoms with Crippen molar-refractivity contribution < 1.29 is 9.53 Å². The molecule has 4 heteroatoms. The van der Waals surface area contributed by atoms with Gasteiger partial charge in [0.2, 0.25) is 5.91 Å². The summed E-state index contributed by atoms with van der Waals surface area (Å²) < 4.78 is 5.34. The van der Waals surface area contributed by atoms with Crippen LogP contribution in [0.3, 0.4) is 0 Å². The average Bonchev–Trinajstić information content (AvgIpc) is 2.66. The zero-order valence-corrected chi connectivity index (χ0v) is 9.12. The Balaban J connectivity index is 2.05.